The SMILES string of the molecule is CCC(NC1CCCCC1)C(CNc1ncc(C)cc1N=CCC(C)N)OC. The second-order valence-corrected chi connectivity index (χ2v) is 8.08. The molecular formula is C22H39N5O. The highest BCUT2D eigenvalue weighted by atomic mass is 16.5. The van der Waals surface area contributed by atoms with E-state index in [2.05, 4.69) is 27.5 Å². The predicted molar refractivity (Wildman–Crippen MR) is 119 cm³/mol. The summed E-state index contributed by atoms with van der Waals surface area (Å²) in [4.78, 5) is 9.13. The van der Waals surface area contributed by atoms with E-state index in [0.717, 1.165) is 29.9 Å². The van der Waals surface area contributed by atoms with Crippen LogP contribution in [0.15, 0.2) is 17.3 Å². The third kappa shape index (κ3) is 7.49. The van der Waals surface area contributed by atoms with Crippen LogP contribution in [0.1, 0.15) is 64.4 Å². The second kappa shape index (κ2) is 12.1. The first-order valence-electron chi connectivity index (χ1n) is 10.8. The molecule has 0 aromatic carbocycles. The van der Waals surface area contributed by atoms with E-state index < -0.39 is 0 Å². The van der Waals surface area contributed by atoms with Crippen LogP contribution in [0.3, 0.4) is 0 Å². The Morgan fingerprint density at radius 2 is 2.11 bits per heavy atom. The Bertz CT molecular complexity index is 599. The van der Waals surface area contributed by atoms with Crippen molar-refractivity contribution in [1.29, 1.82) is 0 Å². The fraction of sp³-hybridized carbons (Fsp3) is 0.727. The van der Waals surface area contributed by atoms with Crippen molar-refractivity contribution in [3.63, 3.8) is 0 Å². The lowest BCUT2D eigenvalue weighted by Crippen LogP contribution is -2.49. The number of aromatic nitrogens is 1. The number of aryl methyl sites for hydroxylation is 1. The zero-order chi connectivity index (χ0) is 20.4. The third-order valence-corrected chi connectivity index (χ3v) is 5.43. The number of nitrogens with one attached hydrogen (secondary N) is 2. The van der Waals surface area contributed by atoms with Crippen LogP contribution in [-0.2, 0) is 4.74 Å². The fourth-order valence-electron chi connectivity index (χ4n) is 3.75. The lowest BCUT2D eigenvalue weighted by atomic mass is 9.94. The summed E-state index contributed by atoms with van der Waals surface area (Å²) in [5.74, 6) is 0.793. The molecule has 2 rings (SSSR count). The molecule has 0 amide bonds. The Hall–Kier alpha value is -1.50. The predicted octanol–water partition coefficient (Wildman–Crippen LogP) is 3.96. The van der Waals surface area contributed by atoms with Gasteiger partial charge in [0.1, 0.15) is 5.69 Å². The molecular weight excluding hydrogens is 350 g/mol. The minimum atomic E-state index is 0.0796. The summed E-state index contributed by atoms with van der Waals surface area (Å²) < 4.78 is 5.84. The molecule has 6 heteroatoms. The highest BCUT2D eigenvalue weighted by Crippen LogP contribution is 2.24. The summed E-state index contributed by atoms with van der Waals surface area (Å²) in [5, 5.41) is 7.30. The van der Waals surface area contributed by atoms with E-state index in [9.17, 15) is 0 Å². The summed E-state index contributed by atoms with van der Waals surface area (Å²) in [5.41, 5.74) is 7.76. The molecule has 3 unspecified atom stereocenters. The Labute approximate surface area is 170 Å². The quantitative estimate of drug-likeness (QED) is 0.499. The first kappa shape index (κ1) is 22.8. The summed E-state index contributed by atoms with van der Waals surface area (Å²) >= 11 is 0. The van der Waals surface area contributed by atoms with Gasteiger partial charge in [0, 0.05) is 44.2 Å². The first-order valence-corrected chi connectivity index (χ1v) is 10.8. The highest BCUT2D eigenvalue weighted by Gasteiger charge is 2.24. The van der Waals surface area contributed by atoms with E-state index in [-0.39, 0.29) is 12.1 Å². The molecule has 1 saturated carbocycles. The monoisotopic (exact) mass is 389 g/mol. The first-order chi connectivity index (χ1) is 13.5. The number of hydrogen-bond acceptors (Lipinski definition) is 6. The molecule has 0 radical (unpaired) electrons. The third-order valence-electron chi connectivity index (χ3n) is 5.43. The fourth-order valence-corrected chi connectivity index (χ4v) is 3.75. The van der Waals surface area contributed by atoms with Gasteiger partial charge in [-0.1, -0.05) is 26.2 Å². The maximum Gasteiger partial charge on any atom is 0.151 e. The molecule has 1 aliphatic rings. The van der Waals surface area contributed by atoms with Crippen molar-refractivity contribution in [2.24, 2.45) is 10.7 Å². The van der Waals surface area contributed by atoms with Crippen LogP contribution in [-0.4, -0.2) is 49.1 Å². The Kier molecular flexibility index (Phi) is 9.88. The number of nitrogens with zero attached hydrogens (tertiary/aromatic N) is 2. The molecule has 6 nitrogen and oxygen atoms in total. The van der Waals surface area contributed by atoms with Gasteiger partial charge in [0.05, 0.1) is 6.10 Å². The van der Waals surface area contributed by atoms with Crippen LogP contribution in [0.25, 0.3) is 0 Å². The van der Waals surface area contributed by atoms with Crippen LogP contribution in [0.2, 0.25) is 0 Å². The Morgan fingerprint density at radius 1 is 1.36 bits per heavy atom. The summed E-state index contributed by atoms with van der Waals surface area (Å²) in [6, 6.07) is 3.10. The smallest absolute Gasteiger partial charge is 0.151 e. The van der Waals surface area contributed by atoms with E-state index in [1.807, 2.05) is 32.3 Å². The van der Waals surface area contributed by atoms with Crippen molar-refractivity contribution in [2.75, 3.05) is 19.0 Å². The molecule has 158 valence electrons. The van der Waals surface area contributed by atoms with Crippen LogP contribution in [0, 0.1) is 6.92 Å². The van der Waals surface area contributed by atoms with E-state index >= 15 is 0 Å². The maximum absolute atomic E-state index is 5.84. The van der Waals surface area contributed by atoms with Gasteiger partial charge in [-0.15, -0.1) is 0 Å². The molecule has 0 spiro atoms. The van der Waals surface area contributed by atoms with Crippen LogP contribution >= 0.6 is 0 Å². The molecule has 1 heterocycles. The van der Waals surface area contributed by atoms with Gasteiger partial charge in [0.2, 0.25) is 0 Å². The average molecular weight is 390 g/mol. The number of pyridine rings is 1. The largest absolute Gasteiger partial charge is 0.378 e. The van der Waals surface area contributed by atoms with Gasteiger partial charge in [-0.2, -0.15) is 0 Å². The maximum atomic E-state index is 5.84. The topological polar surface area (TPSA) is 84.6 Å². The van der Waals surface area contributed by atoms with Gasteiger partial charge in [-0.25, -0.2) is 4.98 Å². The molecule has 28 heavy (non-hydrogen) atoms. The number of ether oxygens (including phenoxy) is 1. The molecule has 1 aliphatic carbocycles. The normalized spacial score (nSPS) is 18.9. The van der Waals surface area contributed by atoms with Gasteiger partial charge < -0.3 is 21.1 Å². The molecule has 1 aromatic rings. The van der Waals surface area contributed by atoms with Crippen molar-refractivity contribution in [3.05, 3.63) is 17.8 Å². The number of rotatable bonds is 11. The number of methoxy groups -OCH3 is 1. The van der Waals surface area contributed by atoms with E-state index in [1.165, 1.54) is 32.1 Å². The van der Waals surface area contributed by atoms with Crippen LogP contribution < -0.4 is 16.4 Å². The zero-order valence-electron chi connectivity index (χ0n) is 18.1. The van der Waals surface area contributed by atoms with E-state index in [4.69, 9.17) is 10.5 Å². The van der Waals surface area contributed by atoms with Gasteiger partial charge >= 0.3 is 0 Å². The molecule has 0 saturated heterocycles. The van der Waals surface area contributed by atoms with Gasteiger partial charge in [-0.3, -0.25) is 4.99 Å². The number of nitrogens with two attached hydrogens (primary N) is 1. The molecule has 0 bridgehead atoms. The average Bonchev–Trinajstić information content (AvgIpc) is 2.69. The zero-order valence-corrected chi connectivity index (χ0v) is 18.1. The van der Waals surface area contributed by atoms with Gasteiger partial charge in [0.15, 0.2) is 5.82 Å². The number of anilines is 1. The van der Waals surface area contributed by atoms with Crippen molar-refractivity contribution in [1.82, 2.24) is 10.3 Å². The summed E-state index contributed by atoms with van der Waals surface area (Å²) in [6.07, 6.45) is 12.2. The van der Waals surface area contributed by atoms with Gasteiger partial charge in [-0.05, 0) is 51.2 Å². The minimum absolute atomic E-state index is 0.0796. The Balaban J connectivity index is 1.99. The molecule has 0 aliphatic heterocycles. The molecule has 3 atom stereocenters. The summed E-state index contributed by atoms with van der Waals surface area (Å²) in [6.45, 7) is 6.93. The lowest BCUT2D eigenvalue weighted by Gasteiger charge is -2.32. The molecule has 1 aromatic heterocycles. The number of aliphatic imine (C=N–C) groups is 1. The molecule has 4 N–H and O–H groups in total. The minimum Gasteiger partial charge on any atom is -0.378 e. The van der Waals surface area contributed by atoms with E-state index in [1.54, 1.807) is 7.11 Å². The van der Waals surface area contributed by atoms with Crippen molar-refractivity contribution >= 4 is 17.7 Å². The van der Waals surface area contributed by atoms with Crippen LogP contribution in [0.5, 0.6) is 0 Å². The Morgan fingerprint density at radius 3 is 2.75 bits per heavy atom. The highest BCUT2D eigenvalue weighted by molar-refractivity contribution is 5.70. The van der Waals surface area contributed by atoms with Crippen molar-refractivity contribution in [2.45, 2.75) is 89.9 Å². The molecule has 1 fully saturated rings. The second-order valence-electron chi connectivity index (χ2n) is 8.08. The van der Waals surface area contributed by atoms with Crippen LogP contribution in [0.4, 0.5) is 11.5 Å². The van der Waals surface area contributed by atoms with Gasteiger partial charge in [0.25, 0.3) is 0 Å². The van der Waals surface area contributed by atoms with Crippen molar-refractivity contribution < 1.29 is 4.74 Å². The lowest BCUT2D eigenvalue weighted by molar-refractivity contribution is 0.0699. The van der Waals surface area contributed by atoms with E-state index in [0.29, 0.717) is 18.6 Å². The summed E-state index contributed by atoms with van der Waals surface area (Å²) in [7, 11) is 1.79. The van der Waals surface area contributed by atoms with Crippen molar-refractivity contribution in [3.8, 4) is 0 Å². The standard InChI is InChI=1S/C22H39N5O/c1-5-19(27-18-9-7-6-8-10-18)21(28-4)15-26-22-20(13-16(2)14-25-22)24-12-11-17(3)23/h12-14,17-19,21,27H,5-11,15,23H2,1-4H3,(H,25,26). The number of hydrogen-bond donors (Lipinski definition) is 3.